The van der Waals surface area contributed by atoms with Gasteiger partial charge in [0, 0.05) is 86.9 Å². The highest BCUT2D eigenvalue weighted by Gasteiger charge is 2.44. The van der Waals surface area contributed by atoms with Crippen LogP contribution in [0.25, 0.3) is 0 Å². The second kappa shape index (κ2) is 43.9. The number of nitrogens with zero attached hydrogens (tertiary/aromatic N) is 5. The van der Waals surface area contributed by atoms with E-state index in [1.165, 1.54) is 11.1 Å². The summed E-state index contributed by atoms with van der Waals surface area (Å²) in [6.45, 7) is 29.9. The van der Waals surface area contributed by atoms with E-state index in [-0.39, 0.29) is 85.2 Å². The summed E-state index contributed by atoms with van der Waals surface area (Å²) in [7, 11) is 0. The van der Waals surface area contributed by atoms with Gasteiger partial charge in [0.15, 0.2) is 0 Å². The second-order valence-corrected chi connectivity index (χ2v) is 30.6. The van der Waals surface area contributed by atoms with E-state index >= 15 is 0 Å². The number of aliphatic hydroxyl groups is 1. The zero-order valence-corrected chi connectivity index (χ0v) is 71.1. The van der Waals surface area contributed by atoms with Crippen LogP contribution in [0.4, 0.5) is 0 Å². The topological polar surface area (TPSA) is 333 Å². The number of fused-ring (bicyclic) bond motifs is 4. The third-order valence-corrected chi connectivity index (χ3v) is 22.6. The lowest BCUT2D eigenvalue weighted by Crippen LogP contribution is -2.49. The molecule has 8 heterocycles. The van der Waals surface area contributed by atoms with E-state index in [4.69, 9.17) is 39.7 Å². The third-order valence-electron chi connectivity index (χ3n) is 22.6. The van der Waals surface area contributed by atoms with Crippen LogP contribution >= 0.6 is 24.8 Å². The number of carbonyl (C=O) groups is 9. The van der Waals surface area contributed by atoms with Gasteiger partial charge < -0.3 is 81.1 Å². The summed E-state index contributed by atoms with van der Waals surface area (Å²) in [4.78, 5) is 118. The molecule has 4 fully saturated rings. The average molecular weight is 1710 g/mol. The molecule has 4 unspecified atom stereocenters. The molecule has 4 atom stereocenters. The molecule has 123 heavy (non-hydrogen) atoms. The van der Waals surface area contributed by atoms with E-state index in [1.54, 1.807) is 43.9 Å². The van der Waals surface area contributed by atoms with Crippen molar-refractivity contribution in [1.29, 1.82) is 0 Å². The van der Waals surface area contributed by atoms with E-state index in [2.05, 4.69) is 127 Å². The number of nitrogens with two attached hydrogens (primary N) is 1. The lowest BCUT2D eigenvalue weighted by molar-refractivity contribution is -0.127. The maximum atomic E-state index is 13.0. The largest absolute Gasteiger partial charge is 0.489 e. The zero-order chi connectivity index (χ0) is 85.8. The molecule has 8 amide bonds. The molecule has 8 aliphatic rings. The molecule has 0 saturated carbocycles. The summed E-state index contributed by atoms with van der Waals surface area (Å²) in [5.74, 6) is 1.57. The van der Waals surface area contributed by atoms with Crippen LogP contribution in [0.2, 0.25) is 0 Å². The first-order valence-electron chi connectivity index (χ1n) is 40.9. The van der Waals surface area contributed by atoms with Gasteiger partial charge in [-0.25, -0.2) is 0 Å². The predicted octanol–water partition coefficient (Wildman–Crippen LogP) is 12.5. The number of nitrogens with one attached hydrogen (secondary N) is 5. The average Bonchev–Trinajstić information content (AvgIpc) is 1.64. The summed E-state index contributed by atoms with van der Waals surface area (Å²) < 4.78 is 24.2. The van der Waals surface area contributed by atoms with Gasteiger partial charge in [-0.3, -0.25) is 48.1 Å². The number of aliphatic hydroxyl groups excluding tert-OH is 1. The smallest absolute Gasteiger partial charge is 0.290 e. The van der Waals surface area contributed by atoms with Gasteiger partial charge in [-0.05, 0) is 164 Å². The van der Waals surface area contributed by atoms with Crippen LogP contribution in [-0.4, -0.2) is 132 Å². The molecule has 8 aromatic carbocycles. The van der Waals surface area contributed by atoms with E-state index in [1.807, 2.05) is 97.1 Å². The van der Waals surface area contributed by atoms with Crippen LogP contribution < -0.4 is 51.3 Å². The third kappa shape index (κ3) is 22.8. The Bertz CT molecular complexity index is 5040. The quantitative estimate of drug-likeness (QED) is 0.0246. The van der Waals surface area contributed by atoms with Gasteiger partial charge in [0.2, 0.25) is 23.6 Å². The molecule has 16 rings (SSSR count). The molecule has 8 aromatic rings. The van der Waals surface area contributed by atoms with Crippen molar-refractivity contribution < 1.29 is 72.3 Å². The molecular formula is C95H107Cl2N11O15. The number of ether oxygens (including phenoxy) is 4. The van der Waals surface area contributed by atoms with E-state index in [9.17, 15) is 38.4 Å². The van der Waals surface area contributed by atoms with Gasteiger partial charge in [-0.15, -0.1) is 24.8 Å². The molecule has 8 aliphatic heterocycles. The molecule has 0 aromatic heterocycles. The molecule has 9 N–H and O–H groups in total. The lowest BCUT2D eigenvalue weighted by Gasteiger charge is -2.31. The fraction of sp³-hybridized carbons (Fsp3) is 0.316. The van der Waals surface area contributed by atoms with Crippen molar-refractivity contribution >= 4 is 78.5 Å². The van der Waals surface area contributed by atoms with Crippen molar-refractivity contribution in [3.05, 3.63) is 308 Å². The summed E-state index contributed by atoms with van der Waals surface area (Å²) >= 11 is 0. The van der Waals surface area contributed by atoms with Crippen molar-refractivity contribution in [1.82, 2.24) is 51.1 Å². The fourth-order valence-corrected chi connectivity index (χ4v) is 15.7. The monoisotopic (exact) mass is 1710 g/mol. The van der Waals surface area contributed by atoms with Crippen LogP contribution in [-0.2, 0) is 103 Å². The van der Waals surface area contributed by atoms with E-state index in [0.29, 0.717) is 179 Å². The highest BCUT2D eigenvalue weighted by atomic mass is 35.5. The van der Waals surface area contributed by atoms with Gasteiger partial charge in [-0.1, -0.05) is 168 Å². The van der Waals surface area contributed by atoms with Crippen molar-refractivity contribution in [3.8, 4) is 23.0 Å². The minimum atomic E-state index is -0.482. The Balaban J connectivity index is 0.000000169. The predicted molar refractivity (Wildman–Crippen MR) is 471 cm³/mol. The van der Waals surface area contributed by atoms with Crippen LogP contribution in [0.5, 0.6) is 23.0 Å². The van der Waals surface area contributed by atoms with Gasteiger partial charge in [-0.2, -0.15) is 0 Å². The van der Waals surface area contributed by atoms with Crippen molar-refractivity contribution in [2.75, 3.05) is 19.6 Å². The van der Waals surface area contributed by atoms with Gasteiger partial charge in [0.25, 0.3) is 30.1 Å². The minimum absolute atomic E-state index is 0. The number of hydrogen-bond donors (Lipinski definition) is 8. The SMILES string of the molecule is C=C1CCC(N2Cc3c(OCc4ccc(CN(CC)CC)cc4)cccc3C2=O)C(=O)N1.C=C1CCC(N2Cc3c(OCc4ccc(CN)cc4)cccc3C2=O)C(=O)N1.C=C1CCC(N2Cc3c(OCc4ccc(CNCC)cc4)cccc3C2=O)C(=O)N1.C=C1CCC(N2Cc3c(OCc4ccc(CO)cc4)cccc3C2=O)C(=O)N1.Cl.Cl.O=CO. The molecule has 646 valence electrons. The second-order valence-electron chi connectivity index (χ2n) is 30.6. The van der Waals surface area contributed by atoms with Crippen LogP contribution in [0, 0.1) is 0 Å². The number of carboxylic acid groups (broad SMARTS) is 1. The van der Waals surface area contributed by atoms with Crippen LogP contribution in [0.1, 0.15) is 180 Å². The Morgan fingerprint density at radius 3 is 0.902 bits per heavy atom. The summed E-state index contributed by atoms with van der Waals surface area (Å²) in [6.07, 6.45) is 5.09. The number of benzene rings is 8. The minimum Gasteiger partial charge on any atom is -0.489 e. The maximum absolute atomic E-state index is 13.0. The van der Waals surface area contributed by atoms with Gasteiger partial charge >= 0.3 is 0 Å². The number of piperidine rings is 4. The maximum Gasteiger partial charge on any atom is 0.290 e. The molecule has 0 aliphatic carbocycles. The first kappa shape index (κ1) is 92.8. The Morgan fingerprint density at radius 2 is 0.659 bits per heavy atom. The summed E-state index contributed by atoms with van der Waals surface area (Å²) in [5, 5.41) is 30.4. The summed E-state index contributed by atoms with van der Waals surface area (Å²) in [5.41, 5.74) is 22.8. The highest BCUT2D eigenvalue weighted by Crippen LogP contribution is 2.40. The molecular weight excluding hydrogens is 1610 g/mol. The van der Waals surface area contributed by atoms with Crippen molar-refractivity contribution in [3.63, 3.8) is 0 Å². The standard InChI is InChI=1S/C26H31N3O3.C24H27N3O3.C22H23N3O3.C22H22N2O4.CH2O2.2ClH/c1-4-28(5-2)15-19-10-12-20(13-11-19)17-32-24-8-6-7-21-22(24)16-29(26(21)31)23-14-9-18(3)27-25(23)30;1-3-25-13-17-8-10-18(11-9-17)15-30-22-6-4-5-19-20(22)14-27(24(19)29)21-12-7-16(2)26-23(21)28;1-14-5-10-19(21(26)24-14)25-12-18-17(22(25)27)3-2-4-20(18)28-13-16-8-6-15(11-23)7-9-16;1-14-5-10-19(21(26)23-14)24-11-18-17(22(24)27)3-2-4-20(18)28-13-16-8-6-15(12-25)7-9-16;2-1-3;;/h6-8,10-13,23H,3-5,9,14-17H2,1-2H3,(H,27,30);4-6,8-11,21,25H,2-3,7,12-15H2,1H3,(H,26,28);2-4,6-9,19H,1,5,10-13,23H2,(H,24,26);2-4,6-9,19,25H,1,5,10-13H2,(H,23,26);1H,(H,2,3);2*1H. The number of allylic oxidation sites excluding steroid dienone is 4. The number of carbonyl (C=O) groups excluding carboxylic acids is 8. The number of rotatable bonds is 25. The zero-order valence-electron chi connectivity index (χ0n) is 69.5. The Kier molecular flexibility index (Phi) is 33.1. The first-order chi connectivity index (χ1) is 58.6. The lowest BCUT2D eigenvalue weighted by atomic mass is 10.0. The van der Waals surface area contributed by atoms with Gasteiger partial charge in [0.1, 0.15) is 73.6 Å². The van der Waals surface area contributed by atoms with Crippen LogP contribution in [0.3, 0.4) is 0 Å². The van der Waals surface area contributed by atoms with Crippen molar-refractivity contribution in [2.24, 2.45) is 5.73 Å². The summed E-state index contributed by atoms with van der Waals surface area (Å²) in [6, 6.07) is 52.4. The Labute approximate surface area is 729 Å². The van der Waals surface area contributed by atoms with E-state index in [0.717, 1.165) is 88.4 Å². The first-order valence-corrected chi connectivity index (χ1v) is 40.9. The fourth-order valence-electron chi connectivity index (χ4n) is 15.7. The molecule has 0 radical (unpaired) electrons. The number of hydrogen-bond acceptors (Lipinski definition) is 17. The number of halogens is 2. The normalized spacial score (nSPS) is 17.9. The Hall–Kier alpha value is -12.4. The van der Waals surface area contributed by atoms with Crippen molar-refractivity contribution in [2.45, 2.75) is 175 Å². The molecule has 4 saturated heterocycles. The van der Waals surface area contributed by atoms with Crippen LogP contribution in [0.15, 0.2) is 219 Å². The molecule has 26 nitrogen and oxygen atoms in total. The highest BCUT2D eigenvalue weighted by molar-refractivity contribution is 6.05. The Morgan fingerprint density at radius 1 is 0.407 bits per heavy atom. The van der Waals surface area contributed by atoms with E-state index < -0.39 is 24.2 Å². The van der Waals surface area contributed by atoms with Gasteiger partial charge in [0.05, 0.1) is 32.8 Å². The molecule has 0 bridgehead atoms. The molecule has 0 spiro atoms. The molecule has 28 heteroatoms. The number of amides is 8.